The van der Waals surface area contributed by atoms with Crippen molar-refractivity contribution in [3.8, 4) is 0 Å². The summed E-state index contributed by atoms with van der Waals surface area (Å²) >= 11 is 0. The summed E-state index contributed by atoms with van der Waals surface area (Å²) in [6.07, 6.45) is 3.59. The van der Waals surface area contributed by atoms with Crippen molar-refractivity contribution >= 4 is 0 Å². The minimum absolute atomic E-state index is 0.956. The zero-order valence-electron chi connectivity index (χ0n) is 7.27. The number of hydrazine groups is 1. The highest BCUT2D eigenvalue weighted by molar-refractivity contribution is 4.54. The number of hydrogen-bond donors (Lipinski definition) is 0. The Bertz CT molecular complexity index is 175. The fraction of sp³-hybridized carbons (Fsp3) is 0.714. The average molecular weight is 172 g/mol. The summed E-state index contributed by atoms with van der Waals surface area (Å²) in [5.41, 5.74) is 0. The molecule has 0 amide bonds. The van der Waals surface area contributed by atoms with Crippen molar-refractivity contribution in [3.05, 3.63) is 12.8 Å². The summed E-state index contributed by atoms with van der Waals surface area (Å²) in [6.45, 7) is 5.29. The molecule has 12 heavy (non-hydrogen) atoms. The van der Waals surface area contributed by atoms with E-state index < -0.39 is 0 Å². The maximum atomic E-state index is 4.96. The van der Waals surface area contributed by atoms with Gasteiger partial charge in [0.1, 0.15) is 6.26 Å². The van der Waals surface area contributed by atoms with Gasteiger partial charge < -0.3 is 4.84 Å². The monoisotopic (exact) mass is 172 g/mol. The van der Waals surface area contributed by atoms with Gasteiger partial charge in [0.15, 0.2) is 7.11 Å². The molecule has 1 heterocycles. The van der Waals surface area contributed by atoms with E-state index in [0.29, 0.717) is 0 Å². The van der Waals surface area contributed by atoms with Gasteiger partial charge in [-0.2, -0.15) is 0 Å². The Labute approximate surface area is 71.8 Å². The van der Waals surface area contributed by atoms with Gasteiger partial charge in [0.2, 0.25) is 0 Å². The maximum absolute atomic E-state index is 4.96. The normalized spacial score (nSPS) is 17.8. The average Bonchev–Trinajstić information content (AvgIpc) is 2.59. The second-order valence-electron chi connectivity index (χ2n) is 2.45. The lowest BCUT2D eigenvalue weighted by atomic mass is 10.4. The largest absolute Gasteiger partial charge is 0.311 e. The highest BCUT2D eigenvalue weighted by atomic mass is 16.8. The molecular weight excluding hydrogens is 158 g/mol. The van der Waals surface area contributed by atoms with Gasteiger partial charge in [-0.05, 0) is 12.8 Å². The van der Waals surface area contributed by atoms with Crippen molar-refractivity contribution in [3.63, 3.8) is 0 Å². The molecule has 1 aliphatic heterocycles. The van der Waals surface area contributed by atoms with Crippen LogP contribution in [0.3, 0.4) is 0 Å². The summed E-state index contributed by atoms with van der Waals surface area (Å²) in [4.78, 5) is 10.9. The van der Waals surface area contributed by atoms with Crippen LogP contribution in [-0.4, -0.2) is 30.2 Å². The molecule has 0 N–H and O–H groups in total. The van der Waals surface area contributed by atoms with E-state index in [-0.39, 0.29) is 0 Å². The highest BCUT2D eigenvalue weighted by Crippen LogP contribution is 2.07. The van der Waals surface area contributed by atoms with E-state index in [2.05, 4.69) is 16.7 Å². The van der Waals surface area contributed by atoms with Crippen LogP contribution >= 0.6 is 0 Å². The third-order valence-electron chi connectivity index (χ3n) is 1.68. The van der Waals surface area contributed by atoms with Gasteiger partial charge in [-0.1, -0.05) is 6.58 Å². The molecule has 0 aromatic heterocycles. The quantitative estimate of drug-likeness (QED) is 0.276. The third kappa shape index (κ3) is 2.11. The van der Waals surface area contributed by atoms with Crippen LogP contribution in [-0.2, 0) is 9.68 Å². The predicted molar refractivity (Wildman–Crippen MR) is 41.8 cm³/mol. The summed E-state index contributed by atoms with van der Waals surface area (Å²) in [7, 11) is 1.55. The Hall–Kier alpha value is -1.26. The Morgan fingerprint density at radius 2 is 2.17 bits per heavy atom. The van der Waals surface area contributed by atoms with Crippen molar-refractivity contribution in [2.24, 2.45) is 5.28 Å². The zero-order valence-corrected chi connectivity index (χ0v) is 7.27. The molecule has 1 saturated heterocycles. The summed E-state index contributed by atoms with van der Waals surface area (Å²) in [6, 6.07) is 0. The molecule has 0 atom stereocenters. The van der Waals surface area contributed by atoms with Crippen LogP contribution in [0.2, 0.25) is 0 Å². The summed E-state index contributed by atoms with van der Waals surface area (Å²) in [5.74, 6) is 0. The van der Waals surface area contributed by atoms with Gasteiger partial charge in [-0.3, -0.25) is 0 Å². The van der Waals surface area contributed by atoms with Crippen molar-refractivity contribution in [1.29, 1.82) is 0 Å². The fourth-order valence-electron chi connectivity index (χ4n) is 1.15. The first-order valence-electron chi connectivity index (χ1n) is 3.95. The summed E-state index contributed by atoms with van der Waals surface area (Å²) < 4.78 is 0. The molecule has 0 radical (unpaired) electrons. The Balaban J connectivity index is 2.47. The van der Waals surface area contributed by atoms with Gasteiger partial charge in [-0.25, -0.2) is 4.84 Å². The van der Waals surface area contributed by atoms with Gasteiger partial charge >= 0.3 is 0 Å². The van der Waals surface area contributed by atoms with Crippen LogP contribution in [0.1, 0.15) is 12.8 Å². The molecule has 1 fully saturated rings. The molecule has 0 bridgehead atoms. The Morgan fingerprint density at radius 1 is 1.50 bits per heavy atom. The smallest absolute Gasteiger partial charge is 0.279 e. The van der Waals surface area contributed by atoms with Crippen molar-refractivity contribution < 1.29 is 14.6 Å². The standard InChI is InChI=1S/C7H14N3O2/c1-3-12-8-10(11-2)9-6-4-5-7-9/h3H,1,4-7H2,2H3/q+1. The SMILES string of the molecule is C=CON=[N+](OC)N1CCCC1. The van der Waals surface area contributed by atoms with Crippen LogP contribution in [0, 0.1) is 0 Å². The molecule has 1 aliphatic rings. The van der Waals surface area contributed by atoms with E-state index in [4.69, 9.17) is 4.84 Å². The van der Waals surface area contributed by atoms with Gasteiger partial charge in [0, 0.05) is 0 Å². The van der Waals surface area contributed by atoms with E-state index in [9.17, 15) is 0 Å². The first-order chi connectivity index (χ1) is 5.88. The number of nitrogens with zero attached hydrogens (tertiary/aromatic N) is 3. The predicted octanol–water partition coefficient (Wildman–Crippen LogP) is 1.10. The number of rotatable bonds is 4. The molecule has 0 aromatic carbocycles. The molecule has 1 rings (SSSR count). The van der Waals surface area contributed by atoms with E-state index in [1.165, 1.54) is 24.1 Å². The first kappa shape index (κ1) is 8.83. The lowest BCUT2D eigenvalue weighted by Crippen LogP contribution is -2.30. The minimum Gasteiger partial charge on any atom is -0.311 e. The topological polar surface area (TPSA) is 37.1 Å². The lowest BCUT2D eigenvalue weighted by molar-refractivity contribution is -0.940. The van der Waals surface area contributed by atoms with Crippen LogP contribution in [0.5, 0.6) is 0 Å². The molecule has 0 spiro atoms. The Kier molecular flexibility index (Phi) is 3.37. The number of hydrogen-bond acceptors (Lipinski definition) is 3. The molecule has 5 nitrogen and oxygen atoms in total. The fourth-order valence-corrected chi connectivity index (χ4v) is 1.15. The molecule has 0 unspecified atom stereocenters. The summed E-state index contributed by atoms with van der Waals surface area (Å²) in [5, 5.41) is 5.62. The minimum atomic E-state index is 0.956. The van der Waals surface area contributed by atoms with E-state index in [1.54, 1.807) is 7.11 Å². The molecule has 0 aromatic rings. The molecular formula is C7H14N3O2+. The first-order valence-corrected chi connectivity index (χ1v) is 3.95. The van der Waals surface area contributed by atoms with Gasteiger partial charge in [0.25, 0.3) is 10.2 Å². The van der Waals surface area contributed by atoms with Crippen molar-refractivity contribution in [2.75, 3.05) is 20.2 Å². The highest BCUT2D eigenvalue weighted by Gasteiger charge is 2.24. The van der Waals surface area contributed by atoms with E-state index in [0.717, 1.165) is 13.1 Å². The van der Waals surface area contributed by atoms with E-state index in [1.807, 2.05) is 5.01 Å². The molecule has 68 valence electrons. The second-order valence-corrected chi connectivity index (χ2v) is 2.45. The van der Waals surface area contributed by atoms with Gasteiger partial charge in [0.05, 0.1) is 13.1 Å². The van der Waals surface area contributed by atoms with Gasteiger partial charge in [-0.15, -0.1) is 5.01 Å². The van der Waals surface area contributed by atoms with Crippen LogP contribution in [0.4, 0.5) is 0 Å². The zero-order chi connectivity index (χ0) is 8.81. The van der Waals surface area contributed by atoms with Crippen molar-refractivity contribution in [1.82, 2.24) is 5.01 Å². The molecule has 0 aliphatic carbocycles. The van der Waals surface area contributed by atoms with E-state index >= 15 is 0 Å². The van der Waals surface area contributed by atoms with Crippen LogP contribution in [0.15, 0.2) is 18.1 Å². The lowest BCUT2D eigenvalue weighted by Gasteiger charge is -2.04. The van der Waals surface area contributed by atoms with Crippen LogP contribution in [0.25, 0.3) is 0 Å². The Morgan fingerprint density at radius 3 is 2.67 bits per heavy atom. The van der Waals surface area contributed by atoms with Crippen LogP contribution < -0.4 is 0 Å². The molecule has 5 heteroatoms. The maximum Gasteiger partial charge on any atom is 0.279 e. The second kappa shape index (κ2) is 4.58. The molecule has 0 saturated carbocycles. The van der Waals surface area contributed by atoms with Crippen molar-refractivity contribution in [2.45, 2.75) is 12.8 Å². The third-order valence-corrected chi connectivity index (χ3v) is 1.68.